The molecule has 3 rings (SSSR count). The van der Waals surface area contributed by atoms with Crippen molar-refractivity contribution in [1.29, 1.82) is 0 Å². The summed E-state index contributed by atoms with van der Waals surface area (Å²) >= 11 is 0. The van der Waals surface area contributed by atoms with Gasteiger partial charge in [-0.2, -0.15) is 0 Å². The normalized spacial score (nSPS) is 13.4. The summed E-state index contributed by atoms with van der Waals surface area (Å²) in [4.78, 5) is 30.9. The van der Waals surface area contributed by atoms with Crippen LogP contribution in [0.4, 0.5) is 5.69 Å². The maximum Gasteiger partial charge on any atom is 0.274 e. The molecule has 2 amide bonds. The number of nitrogens with zero attached hydrogens (tertiary/aromatic N) is 2. The number of rotatable bonds is 5. The van der Waals surface area contributed by atoms with Crippen LogP contribution in [-0.2, 0) is 0 Å². The minimum atomic E-state index is -0.412. The maximum atomic E-state index is 12.5. The van der Waals surface area contributed by atoms with E-state index in [1.807, 2.05) is 0 Å². The van der Waals surface area contributed by atoms with E-state index in [4.69, 9.17) is 9.47 Å². The van der Waals surface area contributed by atoms with Crippen LogP contribution in [0, 0.1) is 0 Å². The van der Waals surface area contributed by atoms with Crippen LogP contribution < -0.4 is 14.8 Å². The number of anilines is 1. The van der Waals surface area contributed by atoms with Crippen molar-refractivity contribution in [3.05, 3.63) is 47.8 Å². The SMILES string of the molecule is COc1ccc(NC(=O)c2cc(C(=O)N3CCCC3)ccn2)c(OC)c1. The summed E-state index contributed by atoms with van der Waals surface area (Å²) in [5.41, 5.74) is 1.14. The molecule has 0 bridgehead atoms. The van der Waals surface area contributed by atoms with Gasteiger partial charge in [-0.1, -0.05) is 0 Å². The molecule has 1 saturated heterocycles. The van der Waals surface area contributed by atoms with Crippen LogP contribution in [0.25, 0.3) is 0 Å². The lowest BCUT2D eigenvalue weighted by Gasteiger charge is -2.15. The minimum Gasteiger partial charge on any atom is -0.497 e. The highest BCUT2D eigenvalue weighted by Crippen LogP contribution is 2.29. The number of hydrogen-bond donors (Lipinski definition) is 1. The fourth-order valence-electron chi connectivity index (χ4n) is 2.88. The smallest absolute Gasteiger partial charge is 0.274 e. The molecule has 26 heavy (non-hydrogen) atoms. The van der Waals surface area contributed by atoms with Crippen LogP contribution in [0.15, 0.2) is 36.5 Å². The summed E-state index contributed by atoms with van der Waals surface area (Å²) in [6, 6.07) is 8.24. The molecule has 0 spiro atoms. The molecule has 2 aromatic rings. The first-order valence-electron chi connectivity index (χ1n) is 8.41. The number of likely N-dealkylation sites (tertiary alicyclic amines) is 1. The number of benzene rings is 1. The first-order valence-corrected chi connectivity index (χ1v) is 8.41. The molecule has 7 nitrogen and oxygen atoms in total. The highest BCUT2D eigenvalue weighted by molar-refractivity contribution is 6.05. The van der Waals surface area contributed by atoms with Gasteiger partial charge in [0.1, 0.15) is 17.2 Å². The molecule has 0 atom stereocenters. The van der Waals surface area contributed by atoms with Gasteiger partial charge in [0, 0.05) is 30.9 Å². The Labute approximate surface area is 151 Å². The van der Waals surface area contributed by atoms with Crippen molar-refractivity contribution in [2.24, 2.45) is 0 Å². The van der Waals surface area contributed by atoms with Crippen LogP contribution in [-0.4, -0.2) is 49.0 Å². The molecule has 136 valence electrons. The first kappa shape index (κ1) is 17.7. The predicted octanol–water partition coefficient (Wildman–Crippen LogP) is 2.59. The van der Waals surface area contributed by atoms with Gasteiger partial charge < -0.3 is 19.7 Å². The number of hydrogen-bond acceptors (Lipinski definition) is 5. The Balaban J connectivity index is 1.78. The van der Waals surface area contributed by atoms with E-state index in [1.54, 1.807) is 36.3 Å². The minimum absolute atomic E-state index is 0.0685. The zero-order chi connectivity index (χ0) is 18.5. The van der Waals surface area contributed by atoms with Crippen molar-refractivity contribution in [3.63, 3.8) is 0 Å². The van der Waals surface area contributed by atoms with Crippen molar-refractivity contribution in [1.82, 2.24) is 9.88 Å². The molecule has 0 saturated carbocycles. The van der Waals surface area contributed by atoms with E-state index >= 15 is 0 Å². The topological polar surface area (TPSA) is 80.8 Å². The Kier molecular flexibility index (Phi) is 5.36. The molecule has 1 aromatic heterocycles. The Morgan fingerprint density at radius 3 is 2.54 bits per heavy atom. The monoisotopic (exact) mass is 355 g/mol. The van der Waals surface area contributed by atoms with Gasteiger partial charge >= 0.3 is 0 Å². The summed E-state index contributed by atoms with van der Waals surface area (Å²) in [6.07, 6.45) is 3.51. The predicted molar refractivity (Wildman–Crippen MR) is 96.9 cm³/mol. The van der Waals surface area contributed by atoms with Gasteiger partial charge in [0.2, 0.25) is 0 Å². The maximum absolute atomic E-state index is 12.5. The Morgan fingerprint density at radius 1 is 1.08 bits per heavy atom. The van der Waals surface area contributed by atoms with Gasteiger partial charge in [-0.25, -0.2) is 0 Å². The lowest BCUT2D eigenvalue weighted by atomic mass is 10.2. The van der Waals surface area contributed by atoms with E-state index < -0.39 is 5.91 Å². The van der Waals surface area contributed by atoms with Crippen molar-refractivity contribution in [2.75, 3.05) is 32.6 Å². The molecule has 0 radical (unpaired) electrons. The van der Waals surface area contributed by atoms with Crippen LogP contribution in [0.5, 0.6) is 11.5 Å². The molecule has 0 aliphatic carbocycles. The van der Waals surface area contributed by atoms with Gasteiger partial charge in [-0.3, -0.25) is 14.6 Å². The fraction of sp³-hybridized carbons (Fsp3) is 0.316. The molecule has 1 fully saturated rings. The molecule has 1 aromatic carbocycles. The van der Waals surface area contributed by atoms with Gasteiger partial charge in [0.05, 0.1) is 19.9 Å². The number of carbonyl (C=O) groups excluding carboxylic acids is 2. The average molecular weight is 355 g/mol. The number of nitrogens with one attached hydrogen (secondary N) is 1. The summed E-state index contributed by atoms with van der Waals surface area (Å²) in [7, 11) is 3.07. The standard InChI is InChI=1S/C19H21N3O4/c1-25-14-5-6-15(17(12-14)26-2)21-18(23)16-11-13(7-8-20-16)19(24)22-9-3-4-10-22/h5-8,11-12H,3-4,9-10H2,1-2H3,(H,21,23). The van der Waals surface area contributed by atoms with E-state index in [-0.39, 0.29) is 11.6 Å². The second kappa shape index (κ2) is 7.86. The Morgan fingerprint density at radius 2 is 1.85 bits per heavy atom. The summed E-state index contributed by atoms with van der Waals surface area (Å²) in [6.45, 7) is 1.51. The van der Waals surface area contributed by atoms with Crippen LogP contribution >= 0.6 is 0 Å². The summed E-state index contributed by atoms with van der Waals surface area (Å²) in [5, 5.41) is 2.76. The van der Waals surface area contributed by atoms with Crippen LogP contribution in [0.1, 0.15) is 33.7 Å². The van der Waals surface area contributed by atoms with E-state index in [1.165, 1.54) is 19.4 Å². The molecule has 1 N–H and O–H groups in total. The fourth-order valence-corrected chi connectivity index (χ4v) is 2.88. The lowest BCUT2D eigenvalue weighted by Crippen LogP contribution is -2.28. The zero-order valence-electron chi connectivity index (χ0n) is 14.8. The Hall–Kier alpha value is -3.09. The number of methoxy groups -OCH3 is 2. The van der Waals surface area contributed by atoms with E-state index in [9.17, 15) is 9.59 Å². The van der Waals surface area contributed by atoms with Gasteiger partial charge in [-0.15, -0.1) is 0 Å². The zero-order valence-corrected chi connectivity index (χ0v) is 14.8. The van der Waals surface area contributed by atoms with Crippen molar-refractivity contribution >= 4 is 17.5 Å². The first-order chi connectivity index (χ1) is 12.6. The number of ether oxygens (including phenoxy) is 2. The molecule has 7 heteroatoms. The van der Waals surface area contributed by atoms with Crippen molar-refractivity contribution in [3.8, 4) is 11.5 Å². The number of carbonyl (C=O) groups is 2. The quantitative estimate of drug-likeness (QED) is 0.892. The summed E-state index contributed by atoms with van der Waals surface area (Å²) < 4.78 is 10.4. The average Bonchev–Trinajstić information content (AvgIpc) is 3.22. The molecule has 0 unspecified atom stereocenters. The highest BCUT2D eigenvalue weighted by Gasteiger charge is 2.21. The van der Waals surface area contributed by atoms with Gasteiger partial charge in [-0.05, 0) is 37.1 Å². The number of amides is 2. The van der Waals surface area contributed by atoms with Gasteiger partial charge in [0.25, 0.3) is 11.8 Å². The largest absolute Gasteiger partial charge is 0.497 e. The van der Waals surface area contributed by atoms with Crippen LogP contribution in [0.3, 0.4) is 0 Å². The van der Waals surface area contributed by atoms with Crippen molar-refractivity contribution < 1.29 is 19.1 Å². The third-order valence-electron chi connectivity index (χ3n) is 4.29. The van der Waals surface area contributed by atoms with E-state index in [0.717, 1.165) is 25.9 Å². The van der Waals surface area contributed by atoms with Crippen molar-refractivity contribution in [2.45, 2.75) is 12.8 Å². The second-order valence-corrected chi connectivity index (χ2v) is 5.95. The van der Waals surface area contributed by atoms with Gasteiger partial charge in [0.15, 0.2) is 0 Å². The molecule has 1 aliphatic heterocycles. The molecule has 2 heterocycles. The summed E-state index contributed by atoms with van der Waals surface area (Å²) in [5.74, 6) is 0.615. The lowest BCUT2D eigenvalue weighted by molar-refractivity contribution is 0.0792. The highest BCUT2D eigenvalue weighted by atomic mass is 16.5. The Bertz CT molecular complexity index is 816. The van der Waals surface area contributed by atoms with E-state index in [2.05, 4.69) is 10.3 Å². The van der Waals surface area contributed by atoms with Crippen LogP contribution in [0.2, 0.25) is 0 Å². The molecule has 1 aliphatic rings. The third kappa shape index (κ3) is 3.77. The van der Waals surface area contributed by atoms with E-state index in [0.29, 0.717) is 22.7 Å². The number of pyridine rings is 1. The second-order valence-electron chi connectivity index (χ2n) is 5.95. The third-order valence-corrected chi connectivity index (χ3v) is 4.29. The number of aromatic nitrogens is 1. The molecular weight excluding hydrogens is 334 g/mol. The molecular formula is C19H21N3O4.